The Hall–Kier alpha value is -1.54. The van der Waals surface area contributed by atoms with Crippen LogP contribution in [0, 0.1) is 18.8 Å². The van der Waals surface area contributed by atoms with Crippen molar-refractivity contribution in [2.45, 2.75) is 38.6 Å². The van der Waals surface area contributed by atoms with Gasteiger partial charge in [0.2, 0.25) is 0 Å². The highest BCUT2D eigenvalue weighted by Gasteiger charge is 2.19. The van der Waals surface area contributed by atoms with E-state index in [1.807, 2.05) is 13.8 Å². The molecule has 0 spiro atoms. The fourth-order valence-electron chi connectivity index (χ4n) is 1.35. The Morgan fingerprint density at radius 1 is 1.44 bits per heavy atom. The summed E-state index contributed by atoms with van der Waals surface area (Å²) in [6, 6.07) is 0. The normalized spacial score (nSPS) is 10.1. The third kappa shape index (κ3) is 3.47. The molecule has 4 nitrogen and oxygen atoms in total. The SMILES string of the molecule is CC#CCSc1nc(C(C)C)nc(C)c1C(=O)O. The molecule has 0 aliphatic carbocycles. The van der Waals surface area contributed by atoms with Gasteiger partial charge in [-0.1, -0.05) is 31.5 Å². The van der Waals surface area contributed by atoms with Crippen LogP contribution in [-0.2, 0) is 0 Å². The minimum atomic E-state index is -0.991. The van der Waals surface area contributed by atoms with Gasteiger partial charge in [-0.3, -0.25) is 0 Å². The molecule has 96 valence electrons. The van der Waals surface area contributed by atoms with Crippen LogP contribution < -0.4 is 0 Å². The summed E-state index contributed by atoms with van der Waals surface area (Å²) < 4.78 is 0. The minimum Gasteiger partial charge on any atom is -0.478 e. The lowest BCUT2D eigenvalue weighted by atomic mass is 10.2. The van der Waals surface area contributed by atoms with E-state index in [2.05, 4.69) is 21.8 Å². The van der Waals surface area contributed by atoms with E-state index in [9.17, 15) is 9.90 Å². The molecule has 0 saturated heterocycles. The summed E-state index contributed by atoms with van der Waals surface area (Å²) in [6.45, 7) is 7.42. The smallest absolute Gasteiger partial charge is 0.340 e. The molecule has 18 heavy (non-hydrogen) atoms. The largest absolute Gasteiger partial charge is 0.478 e. The predicted molar refractivity (Wildman–Crippen MR) is 72.0 cm³/mol. The van der Waals surface area contributed by atoms with Crippen LogP contribution in [-0.4, -0.2) is 26.8 Å². The van der Waals surface area contributed by atoms with Crippen molar-refractivity contribution in [1.29, 1.82) is 0 Å². The number of aromatic nitrogens is 2. The summed E-state index contributed by atoms with van der Waals surface area (Å²) in [7, 11) is 0. The predicted octanol–water partition coefficient (Wildman–Crippen LogP) is 2.72. The van der Waals surface area contributed by atoms with Gasteiger partial charge in [0.25, 0.3) is 0 Å². The first kappa shape index (κ1) is 14.5. The Morgan fingerprint density at radius 3 is 2.61 bits per heavy atom. The average molecular weight is 264 g/mol. The Labute approximate surface area is 111 Å². The van der Waals surface area contributed by atoms with Gasteiger partial charge in [0.15, 0.2) is 0 Å². The first-order chi connectivity index (χ1) is 8.47. The lowest BCUT2D eigenvalue weighted by Crippen LogP contribution is -2.10. The first-order valence-corrected chi connectivity index (χ1v) is 6.60. The van der Waals surface area contributed by atoms with Crippen LogP contribution in [0.2, 0.25) is 0 Å². The van der Waals surface area contributed by atoms with Crippen molar-refractivity contribution in [3.63, 3.8) is 0 Å². The van der Waals surface area contributed by atoms with Gasteiger partial charge in [-0.25, -0.2) is 14.8 Å². The molecule has 5 heteroatoms. The quantitative estimate of drug-likeness (QED) is 0.514. The molecule has 0 aromatic carbocycles. The average Bonchev–Trinajstić information content (AvgIpc) is 2.27. The highest BCUT2D eigenvalue weighted by atomic mass is 32.2. The number of aryl methyl sites for hydroxylation is 1. The Morgan fingerprint density at radius 2 is 2.11 bits per heavy atom. The standard InChI is InChI=1S/C13H16N2O2S/c1-5-6-7-18-12-10(13(16)17)9(4)14-11(15-12)8(2)3/h8H,7H2,1-4H3,(H,16,17). The number of rotatable bonds is 4. The summed E-state index contributed by atoms with van der Waals surface area (Å²) in [6.07, 6.45) is 0. The molecule has 1 heterocycles. The third-order valence-corrected chi connectivity index (χ3v) is 3.12. The maximum atomic E-state index is 11.2. The van der Waals surface area contributed by atoms with Gasteiger partial charge < -0.3 is 5.11 Å². The second-order valence-electron chi connectivity index (χ2n) is 4.02. The van der Waals surface area contributed by atoms with Gasteiger partial charge in [-0.2, -0.15) is 0 Å². The van der Waals surface area contributed by atoms with E-state index < -0.39 is 5.97 Å². The van der Waals surface area contributed by atoms with Gasteiger partial charge in [-0.15, -0.1) is 5.92 Å². The number of nitrogens with zero attached hydrogens (tertiary/aromatic N) is 2. The van der Waals surface area contributed by atoms with Crippen molar-refractivity contribution in [2.75, 3.05) is 5.75 Å². The zero-order valence-corrected chi connectivity index (χ0v) is 11.8. The zero-order valence-electron chi connectivity index (χ0n) is 10.9. The molecule has 1 aromatic heterocycles. The molecule has 0 radical (unpaired) electrons. The number of hydrogen-bond donors (Lipinski definition) is 1. The van der Waals surface area contributed by atoms with Crippen molar-refractivity contribution < 1.29 is 9.90 Å². The molecule has 0 saturated carbocycles. The van der Waals surface area contributed by atoms with Crippen molar-refractivity contribution in [3.8, 4) is 11.8 Å². The minimum absolute atomic E-state index is 0.170. The van der Waals surface area contributed by atoms with Crippen LogP contribution >= 0.6 is 11.8 Å². The number of carbonyl (C=O) groups is 1. The fraction of sp³-hybridized carbons (Fsp3) is 0.462. The van der Waals surface area contributed by atoms with Crippen molar-refractivity contribution >= 4 is 17.7 Å². The van der Waals surface area contributed by atoms with Crippen LogP contribution in [0.25, 0.3) is 0 Å². The van der Waals surface area contributed by atoms with Crippen LogP contribution in [0.3, 0.4) is 0 Å². The van der Waals surface area contributed by atoms with E-state index in [-0.39, 0.29) is 11.5 Å². The molecule has 0 unspecified atom stereocenters. The van der Waals surface area contributed by atoms with Crippen LogP contribution in [0.1, 0.15) is 48.6 Å². The van der Waals surface area contributed by atoms with E-state index in [1.165, 1.54) is 11.8 Å². The van der Waals surface area contributed by atoms with Crippen molar-refractivity contribution in [1.82, 2.24) is 9.97 Å². The summed E-state index contributed by atoms with van der Waals surface area (Å²) in [5.74, 6) is 6.05. The summed E-state index contributed by atoms with van der Waals surface area (Å²) in [5, 5.41) is 9.70. The van der Waals surface area contributed by atoms with Crippen LogP contribution in [0.15, 0.2) is 5.03 Å². The second kappa shape index (κ2) is 6.41. The van der Waals surface area contributed by atoms with Gasteiger partial charge in [0.1, 0.15) is 16.4 Å². The molecular formula is C13H16N2O2S. The van der Waals surface area contributed by atoms with Gasteiger partial charge >= 0.3 is 5.97 Å². The molecular weight excluding hydrogens is 248 g/mol. The topological polar surface area (TPSA) is 63.1 Å². The summed E-state index contributed by atoms with van der Waals surface area (Å²) in [5.41, 5.74) is 0.690. The number of carboxylic acid groups (broad SMARTS) is 1. The Bertz CT molecular complexity index is 516. The van der Waals surface area contributed by atoms with Gasteiger partial charge in [0.05, 0.1) is 11.4 Å². The molecule has 0 bridgehead atoms. The van der Waals surface area contributed by atoms with Crippen molar-refractivity contribution in [3.05, 3.63) is 17.1 Å². The highest BCUT2D eigenvalue weighted by molar-refractivity contribution is 7.99. The van der Waals surface area contributed by atoms with E-state index >= 15 is 0 Å². The maximum Gasteiger partial charge on any atom is 0.340 e. The third-order valence-electron chi connectivity index (χ3n) is 2.26. The Balaban J connectivity index is 3.22. The van der Waals surface area contributed by atoms with E-state index in [1.54, 1.807) is 13.8 Å². The van der Waals surface area contributed by atoms with E-state index in [0.717, 1.165) is 0 Å². The molecule has 1 N–H and O–H groups in total. The fourth-order valence-corrected chi connectivity index (χ4v) is 2.24. The number of thioether (sulfide) groups is 1. The zero-order chi connectivity index (χ0) is 13.7. The molecule has 1 rings (SSSR count). The van der Waals surface area contributed by atoms with E-state index in [0.29, 0.717) is 22.3 Å². The summed E-state index contributed by atoms with van der Waals surface area (Å²) in [4.78, 5) is 19.8. The first-order valence-electron chi connectivity index (χ1n) is 5.61. The number of carboxylic acids is 1. The lowest BCUT2D eigenvalue weighted by Gasteiger charge is -2.10. The Kier molecular flexibility index (Phi) is 5.17. The monoisotopic (exact) mass is 264 g/mol. The molecule has 1 aromatic rings. The van der Waals surface area contributed by atoms with Crippen LogP contribution in [0.4, 0.5) is 0 Å². The van der Waals surface area contributed by atoms with Gasteiger partial charge in [-0.05, 0) is 13.8 Å². The molecule has 0 aliphatic heterocycles. The highest BCUT2D eigenvalue weighted by Crippen LogP contribution is 2.24. The van der Waals surface area contributed by atoms with Crippen LogP contribution in [0.5, 0.6) is 0 Å². The molecule has 0 aliphatic rings. The lowest BCUT2D eigenvalue weighted by molar-refractivity contribution is 0.0690. The molecule has 0 fully saturated rings. The maximum absolute atomic E-state index is 11.2. The second-order valence-corrected chi connectivity index (χ2v) is 4.99. The van der Waals surface area contributed by atoms with Gasteiger partial charge in [0, 0.05) is 5.92 Å². The number of aromatic carboxylic acids is 1. The van der Waals surface area contributed by atoms with E-state index in [4.69, 9.17) is 0 Å². The summed E-state index contributed by atoms with van der Waals surface area (Å²) >= 11 is 1.34. The number of hydrogen-bond acceptors (Lipinski definition) is 4. The molecule has 0 atom stereocenters. The molecule has 0 amide bonds. The van der Waals surface area contributed by atoms with Crippen molar-refractivity contribution in [2.24, 2.45) is 0 Å².